The lowest BCUT2D eigenvalue weighted by atomic mass is 9.86. The highest BCUT2D eigenvalue weighted by Gasteiger charge is 2.16. The van der Waals surface area contributed by atoms with Gasteiger partial charge in [-0.2, -0.15) is 0 Å². The molecular weight excluding hydrogens is 518 g/mol. The van der Waals surface area contributed by atoms with Gasteiger partial charge in [0.2, 0.25) is 0 Å². The second-order valence-corrected chi connectivity index (χ2v) is 10.7. The van der Waals surface area contributed by atoms with E-state index in [0.717, 1.165) is 16.9 Å². The van der Waals surface area contributed by atoms with Crippen LogP contribution in [0.4, 0.5) is 11.4 Å². The molecule has 7 rings (SSSR count). The predicted octanol–water partition coefficient (Wildman–Crippen LogP) is 11.8. The summed E-state index contributed by atoms with van der Waals surface area (Å²) in [6.45, 7) is 0. The summed E-state index contributed by atoms with van der Waals surface area (Å²) in [5.74, 6) is 0. The van der Waals surface area contributed by atoms with E-state index in [1.54, 1.807) is 0 Å². The lowest BCUT2D eigenvalue weighted by molar-refractivity contribution is 1.51. The van der Waals surface area contributed by atoms with Gasteiger partial charge in [0.1, 0.15) is 0 Å². The summed E-state index contributed by atoms with van der Waals surface area (Å²) in [7, 11) is 0. The molecule has 7 aromatic rings. The minimum atomic E-state index is 1.06. The van der Waals surface area contributed by atoms with E-state index in [1.807, 2.05) is 0 Å². The summed E-state index contributed by atoms with van der Waals surface area (Å²) in [4.78, 5) is 0. The van der Waals surface area contributed by atoms with Crippen LogP contribution >= 0.6 is 0 Å². The third kappa shape index (κ3) is 5.62. The van der Waals surface area contributed by atoms with Gasteiger partial charge in [0.15, 0.2) is 0 Å². The van der Waals surface area contributed by atoms with Gasteiger partial charge in [0.05, 0.1) is 0 Å². The maximum Gasteiger partial charge on any atom is 0.0464 e. The van der Waals surface area contributed by atoms with E-state index in [0.29, 0.717) is 0 Å². The largest absolute Gasteiger partial charge is 0.355 e. The summed E-state index contributed by atoms with van der Waals surface area (Å²) < 4.78 is 0. The van der Waals surface area contributed by atoms with Gasteiger partial charge in [-0.05, 0) is 74.3 Å². The van der Waals surface area contributed by atoms with Gasteiger partial charge >= 0.3 is 0 Å². The molecule has 1 nitrogen and oxygen atoms in total. The van der Waals surface area contributed by atoms with Crippen molar-refractivity contribution >= 4 is 11.4 Å². The van der Waals surface area contributed by atoms with E-state index in [-0.39, 0.29) is 0 Å². The van der Waals surface area contributed by atoms with E-state index >= 15 is 0 Å². The fourth-order valence-electron chi connectivity index (χ4n) is 5.78. The highest BCUT2D eigenvalue weighted by Crippen LogP contribution is 2.42. The third-order valence-corrected chi connectivity index (χ3v) is 7.90. The SMILES string of the molecule is c1ccc(-c2ccc(Nc3ccc(-c4cccc(-c5ccccc5)c4-c4ccccc4)cc3-c3ccccc3)cc2)cc1. The Kier molecular flexibility index (Phi) is 7.36. The van der Waals surface area contributed by atoms with Crippen molar-refractivity contribution < 1.29 is 0 Å². The summed E-state index contributed by atoms with van der Waals surface area (Å²) >= 11 is 0. The van der Waals surface area contributed by atoms with Crippen LogP contribution in [0, 0.1) is 0 Å². The van der Waals surface area contributed by atoms with Crippen LogP contribution in [0.25, 0.3) is 55.6 Å². The van der Waals surface area contributed by atoms with Gasteiger partial charge in [-0.1, -0.05) is 158 Å². The average molecular weight is 550 g/mol. The first-order valence-electron chi connectivity index (χ1n) is 14.7. The second kappa shape index (κ2) is 12.1. The summed E-state index contributed by atoms with van der Waals surface area (Å²) in [6, 6.07) is 64.6. The number of benzene rings is 7. The quantitative estimate of drug-likeness (QED) is 0.208. The van der Waals surface area contributed by atoms with Crippen LogP contribution in [0.3, 0.4) is 0 Å². The molecule has 0 aliphatic rings. The lowest BCUT2D eigenvalue weighted by Gasteiger charge is -2.19. The van der Waals surface area contributed by atoms with Crippen molar-refractivity contribution in [3.63, 3.8) is 0 Å². The van der Waals surface area contributed by atoms with Crippen molar-refractivity contribution in [2.75, 3.05) is 5.32 Å². The first-order chi connectivity index (χ1) is 21.3. The van der Waals surface area contributed by atoms with Crippen molar-refractivity contribution in [1.29, 1.82) is 0 Å². The highest BCUT2D eigenvalue weighted by molar-refractivity contribution is 5.96. The molecule has 0 atom stereocenters. The summed E-state index contributed by atoms with van der Waals surface area (Å²) in [5, 5.41) is 3.71. The normalized spacial score (nSPS) is 10.8. The Morgan fingerprint density at radius 1 is 0.279 bits per heavy atom. The number of hydrogen-bond acceptors (Lipinski definition) is 1. The highest BCUT2D eigenvalue weighted by atomic mass is 14.9. The number of anilines is 2. The van der Waals surface area contributed by atoms with Crippen molar-refractivity contribution in [2.45, 2.75) is 0 Å². The van der Waals surface area contributed by atoms with Crippen LogP contribution < -0.4 is 5.32 Å². The molecule has 1 N–H and O–H groups in total. The Morgan fingerprint density at radius 3 is 1.30 bits per heavy atom. The monoisotopic (exact) mass is 549 g/mol. The Morgan fingerprint density at radius 2 is 0.721 bits per heavy atom. The predicted molar refractivity (Wildman–Crippen MR) is 183 cm³/mol. The number of nitrogens with one attached hydrogen (secondary N) is 1. The van der Waals surface area contributed by atoms with Gasteiger partial charge in [0, 0.05) is 16.9 Å². The molecule has 7 aromatic carbocycles. The summed E-state index contributed by atoms with van der Waals surface area (Å²) in [6.07, 6.45) is 0. The second-order valence-electron chi connectivity index (χ2n) is 10.7. The van der Waals surface area contributed by atoms with E-state index in [2.05, 4.69) is 187 Å². The maximum absolute atomic E-state index is 3.71. The first kappa shape index (κ1) is 26.3. The molecule has 0 aliphatic carbocycles. The van der Waals surface area contributed by atoms with E-state index < -0.39 is 0 Å². The van der Waals surface area contributed by atoms with E-state index in [1.165, 1.54) is 50.1 Å². The Labute approximate surface area is 253 Å². The molecule has 0 unspecified atom stereocenters. The molecule has 204 valence electrons. The fourth-order valence-corrected chi connectivity index (χ4v) is 5.78. The molecule has 0 saturated heterocycles. The number of rotatable bonds is 7. The Balaban J connectivity index is 1.33. The summed E-state index contributed by atoms with van der Waals surface area (Å²) in [5.41, 5.74) is 14.2. The molecule has 0 fully saturated rings. The third-order valence-electron chi connectivity index (χ3n) is 7.90. The molecule has 0 aromatic heterocycles. The van der Waals surface area contributed by atoms with Crippen LogP contribution in [-0.4, -0.2) is 0 Å². The van der Waals surface area contributed by atoms with Crippen molar-refractivity contribution in [1.82, 2.24) is 0 Å². The zero-order valence-corrected chi connectivity index (χ0v) is 23.8. The van der Waals surface area contributed by atoms with Gasteiger partial charge in [-0.15, -0.1) is 0 Å². The van der Waals surface area contributed by atoms with Crippen molar-refractivity contribution in [2.24, 2.45) is 0 Å². The molecule has 0 radical (unpaired) electrons. The van der Waals surface area contributed by atoms with Gasteiger partial charge in [0.25, 0.3) is 0 Å². The Hall–Kier alpha value is -5.66. The maximum atomic E-state index is 3.71. The van der Waals surface area contributed by atoms with Crippen LogP contribution in [0.15, 0.2) is 182 Å². The molecule has 0 heterocycles. The van der Waals surface area contributed by atoms with Crippen molar-refractivity contribution in [3.05, 3.63) is 182 Å². The zero-order valence-electron chi connectivity index (χ0n) is 23.8. The van der Waals surface area contributed by atoms with E-state index in [9.17, 15) is 0 Å². The van der Waals surface area contributed by atoms with Crippen LogP contribution in [0.1, 0.15) is 0 Å². The molecule has 43 heavy (non-hydrogen) atoms. The van der Waals surface area contributed by atoms with Gasteiger partial charge in [-0.3, -0.25) is 0 Å². The molecule has 0 bridgehead atoms. The Bertz CT molecular complexity index is 1940. The van der Waals surface area contributed by atoms with Crippen LogP contribution in [0.5, 0.6) is 0 Å². The van der Waals surface area contributed by atoms with E-state index in [4.69, 9.17) is 0 Å². The number of hydrogen-bond donors (Lipinski definition) is 1. The first-order valence-corrected chi connectivity index (χ1v) is 14.7. The molecule has 1 heteroatoms. The standard InChI is InChI=1S/C42H31N/c1-5-14-31(15-6-1)32-24-27-37(28-25-32)43-41-29-26-36(30-40(41)34-18-9-3-10-19-34)39-23-13-22-38(33-16-7-2-8-17-33)42(39)35-20-11-4-12-21-35/h1-30,43H. The lowest BCUT2D eigenvalue weighted by Crippen LogP contribution is -1.95. The minimum absolute atomic E-state index is 1.06. The van der Waals surface area contributed by atoms with Gasteiger partial charge < -0.3 is 5.32 Å². The molecule has 0 spiro atoms. The topological polar surface area (TPSA) is 12.0 Å². The van der Waals surface area contributed by atoms with Gasteiger partial charge in [-0.25, -0.2) is 0 Å². The molecular formula is C42H31N. The fraction of sp³-hybridized carbons (Fsp3) is 0. The zero-order chi connectivity index (χ0) is 28.8. The van der Waals surface area contributed by atoms with Crippen LogP contribution in [-0.2, 0) is 0 Å². The van der Waals surface area contributed by atoms with Crippen molar-refractivity contribution in [3.8, 4) is 55.6 Å². The molecule has 0 amide bonds. The van der Waals surface area contributed by atoms with Crippen LogP contribution in [0.2, 0.25) is 0 Å². The minimum Gasteiger partial charge on any atom is -0.355 e. The smallest absolute Gasteiger partial charge is 0.0464 e. The molecule has 0 saturated carbocycles. The average Bonchev–Trinajstić information content (AvgIpc) is 3.10. The molecule has 0 aliphatic heterocycles.